The minimum atomic E-state index is -0.456. The first-order valence-electron chi connectivity index (χ1n) is 9.58. The smallest absolute Gasteiger partial charge is 0.238 e. The third-order valence-corrected chi connectivity index (χ3v) is 4.85. The summed E-state index contributed by atoms with van der Waals surface area (Å²) in [4.78, 5) is 26.7. The molecule has 0 heterocycles. The first-order chi connectivity index (χ1) is 13.4. The molecule has 0 bridgehead atoms. The topological polar surface area (TPSA) is 61.4 Å². The van der Waals surface area contributed by atoms with Crippen molar-refractivity contribution < 1.29 is 14.0 Å². The second-order valence-corrected chi connectivity index (χ2v) is 7.35. The molecule has 28 heavy (non-hydrogen) atoms. The number of anilines is 2. The molecule has 2 amide bonds. The van der Waals surface area contributed by atoms with Crippen LogP contribution in [0.15, 0.2) is 42.5 Å². The molecule has 6 heteroatoms. The van der Waals surface area contributed by atoms with Crippen LogP contribution in [0.1, 0.15) is 30.4 Å². The van der Waals surface area contributed by atoms with Crippen LogP contribution in [0.5, 0.6) is 0 Å². The molecule has 1 aliphatic rings. The Bertz CT molecular complexity index is 865. The van der Waals surface area contributed by atoms with Gasteiger partial charge >= 0.3 is 0 Å². The van der Waals surface area contributed by atoms with Crippen LogP contribution in [-0.2, 0) is 9.59 Å². The van der Waals surface area contributed by atoms with Crippen LogP contribution in [0.3, 0.4) is 0 Å². The summed E-state index contributed by atoms with van der Waals surface area (Å²) in [6.45, 7) is 4.65. The van der Waals surface area contributed by atoms with Gasteiger partial charge < -0.3 is 10.6 Å². The number of halogens is 1. The minimum Gasteiger partial charge on any atom is -0.325 e. The highest BCUT2D eigenvalue weighted by molar-refractivity contribution is 5.93. The Morgan fingerprint density at radius 3 is 2.46 bits per heavy atom. The molecule has 0 aliphatic heterocycles. The molecule has 0 atom stereocenters. The minimum absolute atomic E-state index is 0.0879. The highest BCUT2D eigenvalue weighted by atomic mass is 19.1. The molecule has 2 aromatic rings. The zero-order valence-electron chi connectivity index (χ0n) is 16.3. The number of aryl methyl sites for hydroxylation is 2. The van der Waals surface area contributed by atoms with Crippen molar-refractivity contribution in [2.24, 2.45) is 0 Å². The molecule has 2 aromatic carbocycles. The van der Waals surface area contributed by atoms with E-state index in [1.165, 1.54) is 12.1 Å². The van der Waals surface area contributed by atoms with Crippen molar-refractivity contribution in [2.75, 3.05) is 23.7 Å². The molecular weight excluding hydrogens is 357 g/mol. The van der Waals surface area contributed by atoms with Crippen molar-refractivity contribution in [1.82, 2.24) is 4.90 Å². The summed E-state index contributed by atoms with van der Waals surface area (Å²) < 4.78 is 13.6. The third-order valence-electron chi connectivity index (χ3n) is 4.85. The van der Waals surface area contributed by atoms with Gasteiger partial charge in [0.25, 0.3) is 0 Å². The van der Waals surface area contributed by atoms with Gasteiger partial charge in [-0.3, -0.25) is 14.5 Å². The van der Waals surface area contributed by atoms with Crippen molar-refractivity contribution in [2.45, 2.75) is 39.2 Å². The summed E-state index contributed by atoms with van der Waals surface area (Å²) in [5.74, 6) is -0.802. The Morgan fingerprint density at radius 1 is 1.04 bits per heavy atom. The summed E-state index contributed by atoms with van der Waals surface area (Å²) in [6.07, 6.45) is 2.28. The van der Waals surface area contributed by atoms with Crippen LogP contribution < -0.4 is 10.6 Å². The number of rotatable bonds is 8. The van der Waals surface area contributed by atoms with E-state index in [0.29, 0.717) is 12.6 Å². The molecule has 1 fully saturated rings. The second-order valence-electron chi connectivity index (χ2n) is 7.35. The van der Waals surface area contributed by atoms with Gasteiger partial charge in [-0.2, -0.15) is 0 Å². The van der Waals surface area contributed by atoms with Crippen LogP contribution in [0.2, 0.25) is 0 Å². The van der Waals surface area contributed by atoms with Gasteiger partial charge in [0.2, 0.25) is 11.8 Å². The highest BCUT2D eigenvalue weighted by Crippen LogP contribution is 2.27. The van der Waals surface area contributed by atoms with E-state index in [-0.39, 0.29) is 30.5 Å². The Kier molecular flexibility index (Phi) is 6.41. The fourth-order valence-electron chi connectivity index (χ4n) is 3.10. The molecule has 0 unspecified atom stereocenters. The summed E-state index contributed by atoms with van der Waals surface area (Å²) >= 11 is 0. The lowest BCUT2D eigenvalue weighted by atomic mass is 10.1. The number of benzene rings is 2. The van der Waals surface area contributed by atoms with E-state index in [1.807, 2.05) is 36.9 Å². The van der Waals surface area contributed by atoms with Gasteiger partial charge in [-0.25, -0.2) is 4.39 Å². The van der Waals surface area contributed by atoms with Crippen molar-refractivity contribution in [1.29, 1.82) is 0 Å². The summed E-state index contributed by atoms with van der Waals surface area (Å²) in [7, 11) is 0. The third kappa shape index (κ3) is 5.63. The number of hydrogen-bond donors (Lipinski definition) is 2. The first kappa shape index (κ1) is 20.0. The van der Waals surface area contributed by atoms with E-state index in [1.54, 1.807) is 12.1 Å². The molecule has 0 radical (unpaired) electrons. The average molecular weight is 383 g/mol. The lowest BCUT2D eigenvalue weighted by Gasteiger charge is -2.21. The van der Waals surface area contributed by atoms with E-state index in [4.69, 9.17) is 0 Å². The SMILES string of the molecule is Cc1ccc(C)c(NC(=O)CN(CCC(=O)Nc2ccccc2F)C2CC2)c1. The quantitative estimate of drug-likeness (QED) is 0.727. The average Bonchev–Trinajstić information content (AvgIpc) is 3.49. The van der Waals surface area contributed by atoms with E-state index in [9.17, 15) is 14.0 Å². The molecular formula is C22H26FN3O2. The molecule has 0 aromatic heterocycles. The van der Waals surface area contributed by atoms with Gasteiger partial charge in [-0.15, -0.1) is 0 Å². The molecule has 1 saturated carbocycles. The maximum absolute atomic E-state index is 13.6. The second kappa shape index (κ2) is 8.97. The fourth-order valence-corrected chi connectivity index (χ4v) is 3.10. The summed E-state index contributed by atoms with van der Waals surface area (Å²) in [5.41, 5.74) is 3.10. The normalized spacial score (nSPS) is 13.4. The lowest BCUT2D eigenvalue weighted by Crippen LogP contribution is -2.37. The standard InChI is InChI=1S/C22H26FN3O2/c1-15-7-8-16(2)20(13-15)25-22(28)14-26(17-9-10-17)12-11-21(27)24-19-6-4-3-5-18(19)23/h3-8,13,17H,9-12,14H2,1-2H3,(H,24,27)(H,25,28). The maximum Gasteiger partial charge on any atom is 0.238 e. The molecule has 3 rings (SSSR count). The number of para-hydroxylation sites is 1. The lowest BCUT2D eigenvalue weighted by molar-refractivity contribution is -0.119. The maximum atomic E-state index is 13.6. The monoisotopic (exact) mass is 383 g/mol. The molecule has 0 saturated heterocycles. The van der Waals surface area contributed by atoms with Gasteiger partial charge in [0.15, 0.2) is 0 Å². The van der Waals surface area contributed by atoms with Gasteiger partial charge in [0.1, 0.15) is 5.82 Å². The Labute approximate surface area is 164 Å². The van der Waals surface area contributed by atoms with E-state index >= 15 is 0 Å². The Hall–Kier alpha value is -2.73. The van der Waals surface area contributed by atoms with E-state index < -0.39 is 5.82 Å². The molecule has 1 aliphatic carbocycles. The Morgan fingerprint density at radius 2 is 1.75 bits per heavy atom. The highest BCUT2D eigenvalue weighted by Gasteiger charge is 2.30. The van der Waals surface area contributed by atoms with Crippen molar-refractivity contribution >= 4 is 23.2 Å². The van der Waals surface area contributed by atoms with Crippen molar-refractivity contribution in [3.63, 3.8) is 0 Å². The number of amides is 2. The summed E-state index contributed by atoms with van der Waals surface area (Å²) in [5, 5.41) is 5.56. The van der Waals surface area contributed by atoms with Crippen LogP contribution >= 0.6 is 0 Å². The van der Waals surface area contributed by atoms with Crippen LogP contribution in [0.4, 0.5) is 15.8 Å². The molecule has 2 N–H and O–H groups in total. The predicted octanol–water partition coefficient (Wildman–Crippen LogP) is 3.87. The summed E-state index contributed by atoms with van der Waals surface area (Å²) in [6, 6.07) is 12.4. The predicted molar refractivity (Wildman–Crippen MR) is 109 cm³/mol. The van der Waals surface area contributed by atoms with E-state index in [0.717, 1.165) is 29.7 Å². The van der Waals surface area contributed by atoms with Gasteiger partial charge in [-0.05, 0) is 56.0 Å². The first-order valence-corrected chi connectivity index (χ1v) is 9.58. The molecule has 0 spiro atoms. The molecule has 148 valence electrons. The molecule has 5 nitrogen and oxygen atoms in total. The number of carbonyl (C=O) groups is 2. The van der Waals surface area contributed by atoms with Crippen molar-refractivity contribution in [3.05, 3.63) is 59.4 Å². The van der Waals surface area contributed by atoms with Crippen LogP contribution in [0, 0.1) is 19.7 Å². The number of hydrogen-bond acceptors (Lipinski definition) is 3. The Balaban J connectivity index is 1.52. The number of carbonyl (C=O) groups excluding carboxylic acids is 2. The van der Waals surface area contributed by atoms with Gasteiger partial charge in [0, 0.05) is 24.7 Å². The zero-order chi connectivity index (χ0) is 20.1. The number of nitrogens with zero attached hydrogens (tertiary/aromatic N) is 1. The zero-order valence-corrected chi connectivity index (χ0v) is 16.3. The van der Waals surface area contributed by atoms with Crippen molar-refractivity contribution in [3.8, 4) is 0 Å². The van der Waals surface area contributed by atoms with Crippen LogP contribution in [-0.4, -0.2) is 35.8 Å². The van der Waals surface area contributed by atoms with Crippen LogP contribution in [0.25, 0.3) is 0 Å². The largest absolute Gasteiger partial charge is 0.325 e. The number of nitrogens with one attached hydrogen (secondary N) is 2. The van der Waals surface area contributed by atoms with Gasteiger partial charge in [0.05, 0.1) is 12.2 Å². The van der Waals surface area contributed by atoms with E-state index in [2.05, 4.69) is 10.6 Å². The fraction of sp³-hybridized carbons (Fsp3) is 0.364. The van der Waals surface area contributed by atoms with Gasteiger partial charge in [-0.1, -0.05) is 24.3 Å².